The van der Waals surface area contributed by atoms with Gasteiger partial charge in [-0.15, -0.1) is 0 Å². The standard InChI is InChI=1S/C18H19FN4O5/c1-22-9-12(16(24)20-8-13(27-2)28-3)14-15(22)17(25)23(18(26)21-14)11-6-4-10(19)5-7-11/h4-7,9,13H,8H2,1-3H3,(H,20,24)(H,21,26). The Morgan fingerprint density at radius 3 is 2.46 bits per heavy atom. The molecule has 2 heterocycles. The summed E-state index contributed by atoms with van der Waals surface area (Å²) >= 11 is 0. The predicted octanol–water partition coefficient (Wildman–Crippen LogP) is 0.505. The number of nitrogens with zero attached hydrogens (tertiary/aromatic N) is 2. The van der Waals surface area contributed by atoms with Gasteiger partial charge in [0.05, 0.1) is 23.3 Å². The molecule has 0 radical (unpaired) electrons. The zero-order valence-corrected chi connectivity index (χ0v) is 15.5. The second-order valence-electron chi connectivity index (χ2n) is 6.04. The highest BCUT2D eigenvalue weighted by molar-refractivity contribution is 6.05. The molecule has 3 rings (SSSR count). The van der Waals surface area contributed by atoms with Crippen molar-refractivity contribution in [2.24, 2.45) is 7.05 Å². The second-order valence-corrected chi connectivity index (χ2v) is 6.04. The van der Waals surface area contributed by atoms with Crippen LogP contribution in [-0.2, 0) is 16.5 Å². The summed E-state index contributed by atoms with van der Waals surface area (Å²) in [7, 11) is 4.46. The highest BCUT2D eigenvalue weighted by atomic mass is 19.1. The Kier molecular flexibility index (Phi) is 5.43. The maximum absolute atomic E-state index is 13.2. The fourth-order valence-electron chi connectivity index (χ4n) is 2.90. The minimum Gasteiger partial charge on any atom is -0.354 e. The van der Waals surface area contributed by atoms with Gasteiger partial charge < -0.3 is 24.3 Å². The molecule has 0 aliphatic heterocycles. The number of aromatic amines is 1. The molecule has 1 aromatic carbocycles. The summed E-state index contributed by atoms with van der Waals surface area (Å²) in [6.07, 6.45) is 0.815. The van der Waals surface area contributed by atoms with Crippen molar-refractivity contribution >= 4 is 16.9 Å². The van der Waals surface area contributed by atoms with E-state index in [1.807, 2.05) is 0 Å². The first-order chi connectivity index (χ1) is 13.4. The van der Waals surface area contributed by atoms with Crippen LogP contribution in [0, 0.1) is 5.82 Å². The summed E-state index contributed by atoms with van der Waals surface area (Å²) in [6, 6.07) is 4.95. The number of carbonyl (C=O) groups excluding carboxylic acids is 1. The molecule has 0 saturated carbocycles. The van der Waals surface area contributed by atoms with Crippen LogP contribution < -0.4 is 16.6 Å². The average Bonchev–Trinajstić information content (AvgIpc) is 3.00. The zero-order chi connectivity index (χ0) is 20.4. The Bertz CT molecular complexity index is 1130. The van der Waals surface area contributed by atoms with Crippen molar-refractivity contribution < 1.29 is 18.7 Å². The van der Waals surface area contributed by atoms with Crippen LogP contribution in [0.15, 0.2) is 40.1 Å². The monoisotopic (exact) mass is 390 g/mol. The van der Waals surface area contributed by atoms with Crippen LogP contribution in [0.4, 0.5) is 4.39 Å². The summed E-state index contributed by atoms with van der Waals surface area (Å²) in [6.45, 7) is 0.0824. The molecular weight excluding hydrogens is 371 g/mol. The quantitative estimate of drug-likeness (QED) is 0.596. The molecule has 28 heavy (non-hydrogen) atoms. The number of methoxy groups -OCH3 is 2. The van der Waals surface area contributed by atoms with E-state index in [0.29, 0.717) is 0 Å². The number of H-pyrrole nitrogens is 1. The normalized spacial score (nSPS) is 11.3. The Labute approximate surface area is 158 Å². The number of hydrogen-bond donors (Lipinski definition) is 2. The predicted molar refractivity (Wildman–Crippen MR) is 99.2 cm³/mol. The van der Waals surface area contributed by atoms with Crippen molar-refractivity contribution in [3.8, 4) is 5.69 Å². The van der Waals surface area contributed by atoms with E-state index in [1.54, 1.807) is 7.05 Å². The highest BCUT2D eigenvalue weighted by Crippen LogP contribution is 2.15. The molecule has 0 aliphatic carbocycles. The number of nitrogens with one attached hydrogen (secondary N) is 2. The van der Waals surface area contributed by atoms with E-state index in [-0.39, 0.29) is 28.8 Å². The van der Waals surface area contributed by atoms with E-state index in [4.69, 9.17) is 9.47 Å². The number of hydrogen-bond acceptors (Lipinski definition) is 5. The first kappa shape index (κ1) is 19.5. The summed E-state index contributed by atoms with van der Waals surface area (Å²) in [5, 5.41) is 2.62. The summed E-state index contributed by atoms with van der Waals surface area (Å²) < 4.78 is 25.5. The number of amides is 1. The number of carbonyl (C=O) groups is 1. The van der Waals surface area contributed by atoms with E-state index in [1.165, 1.54) is 37.1 Å². The van der Waals surface area contributed by atoms with Crippen molar-refractivity contribution in [3.05, 3.63) is 62.7 Å². The molecule has 0 saturated heterocycles. The van der Waals surface area contributed by atoms with Crippen LogP contribution in [0.1, 0.15) is 10.4 Å². The van der Waals surface area contributed by atoms with Gasteiger partial charge in [0.15, 0.2) is 6.29 Å². The molecule has 0 bridgehead atoms. The number of halogens is 1. The number of fused-ring (bicyclic) bond motifs is 1. The number of aromatic nitrogens is 3. The molecule has 1 amide bonds. The van der Waals surface area contributed by atoms with Crippen LogP contribution in [0.3, 0.4) is 0 Å². The maximum Gasteiger partial charge on any atom is 0.333 e. The lowest BCUT2D eigenvalue weighted by molar-refractivity contribution is -0.0974. The van der Waals surface area contributed by atoms with Gasteiger partial charge in [-0.05, 0) is 24.3 Å². The minimum absolute atomic E-state index is 0.0824. The third kappa shape index (κ3) is 3.47. The third-order valence-electron chi connectivity index (χ3n) is 4.31. The Morgan fingerprint density at radius 2 is 1.86 bits per heavy atom. The molecule has 0 unspecified atom stereocenters. The van der Waals surface area contributed by atoms with Gasteiger partial charge in [-0.1, -0.05) is 0 Å². The molecule has 2 aromatic heterocycles. The molecule has 10 heteroatoms. The van der Waals surface area contributed by atoms with Crippen LogP contribution in [-0.4, -0.2) is 47.1 Å². The summed E-state index contributed by atoms with van der Waals surface area (Å²) in [4.78, 5) is 40.5. The van der Waals surface area contributed by atoms with Gasteiger partial charge in [-0.25, -0.2) is 13.8 Å². The summed E-state index contributed by atoms with van der Waals surface area (Å²) in [5.74, 6) is -0.989. The molecule has 9 nitrogen and oxygen atoms in total. The molecule has 3 aromatic rings. The van der Waals surface area contributed by atoms with Crippen LogP contribution in [0.5, 0.6) is 0 Å². The lowest BCUT2D eigenvalue weighted by atomic mass is 10.2. The minimum atomic E-state index is -0.740. The number of rotatable bonds is 6. The molecule has 0 spiro atoms. The van der Waals surface area contributed by atoms with Crippen LogP contribution >= 0.6 is 0 Å². The van der Waals surface area contributed by atoms with Gasteiger partial charge in [0.25, 0.3) is 11.5 Å². The van der Waals surface area contributed by atoms with E-state index < -0.39 is 29.3 Å². The van der Waals surface area contributed by atoms with Crippen molar-refractivity contribution in [1.29, 1.82) is 0 Å². The molecule has 0 fully saturated rings. The van der Waals surface area contributed by atoms with Gasteiger partial charge in [0, 0.05) is 27.5 Å². The van der Waals surface area contributed by atoms with Crippen molar-refractivity contribution in [2.75, 3.05) is 20.8 Å². The number of benzene rings is 1. The topological polar surface area (TPSA) is 107 Å². The molecular formula is C18H19FN4O5. The zero-order valence-electron chi connectivity index (χ0n) is 15.5. The molecule has 2 N–H and O–H groups in total. The fourth-order valence-corrected chi connectivity index (χ4v) is 2.90. The van der Waals surface area contributed by atoms with E-state index in [9.17, 15) is 18.8 Å². The second kappa shape index (κ2) is 7.79. The smallest absolute Gasteiger partial charge is 0.333 e. The lowest BCUT2D eigenvalue weighted by Crippen LogP contribution is -2.35. The largest absolute Gasteiger partial charge is 0.354 e. The van der Waals surface area contributed by atoms with Gasteiger partial charge in [-0.2, -0.15) is 0 Å². The maximum atomic E-state index is 13.2. The highest BCUT2D eigenvalue weighted by Gasteiger charge is 2.20. The third-order valence-corrected chi connectivity index (χ3v) is 4.31. The Balaban J connectivity index is 2.07. The molecule has 0 aliphatic rings. The first-order valence-corrected chi connectivity index (χ1v) is 8.31. The van der Waals surface area contributed by atoms with Crippen LogP contribution in [0.2, 0.25) is 0 Å². The van der Waals surface area contributed by atoms with Crippen molar-refractivity contribution in [2.45, 2.75) is 6.29 Å². The average molecular weight is 390 g/mol. The number of ether oxygens (including phenoxy) is 2. The molecule has 148 valence electrons. The van der Waals surface area contributed by atoms with Gasteiger partial charge in [0.2, 0.25) is 0 Å². The number of aryl methyl sites for hydroxylation is 1. The fraction of sp³-hybridized carbons (Fsp3) is 0.278. The van der Waals surface area contributed by atoms with Gasteiger partial charge >= 0.3 is 5.69 Å². The van der Waals surface area contributed by atoms with Crippen LogP contribution in [0.25, 0.3) is 16.7 Å². The van der Waals surface area contributed by atoms with Crippen molar-refractivity contribution in [1.82, 2.24) is 19.4 Å². The summed E-state index contributed by atoms with van der Waals surface area (Å²) in [5.41, 5.74) is -0.785. The van der Waals surface area contributed by atoms with Gasteiger partial charge in [-0.3, -0.25) is 9.59 Å². The lowest BCUT2D eigenvalue weighted by Gasteiger charge is -2.13. The van der Waals surface area contributed by atoms with E-state index >= 15 is 0 Å². The van der Waals surface area contributed by atoms with Gasteiger partial charge in [0.1, 0.15) is 11.3 Å². The Hall–Kier alpha value is -3.24. The molecule has 0 atom stereocenters. The van der Waals surface area contributed by atoms with E-state index in [2.05, 4.69) is 10.3 Å². The Morgan fingerprint density at radius 1 is 1.21 bits per heavy atom. The van der Waals surface area contributed by atoms with E-state index in [0.717, 1.165) is 16.7 Å². The van der Waals surface area contributed by atoms with Crippen molar-refractivity contribution in [3.63, 3.8) is 0 Å². The SMILES string of the molecule is COC(CNC(=O)c1cn(C)c2c(=O)n(-c3ccc(F)cc3)c(=O)[nH]c12)OC. The first-order valence-electron chi connectivity index (χ1n) is 8.31.